The second kappa shape index (κ2) is 7.04. The Balaban J connectivity index is 2.55. The zero-order valence-electron chi connectivity index (χ0n) is 11.5. The van der Waals surface area contributed by atoms with Crippen LogP contribution in [0.1, 0.15) is 23.7 Å². The van der Waals surface area contributed by atoms with E-state index in [-0.39, 0.29) is 24.1 Å². The third kappa shape index (κ3) is 5.83. The first-order valence-corrected chi connectivity index (χ1v) is 8.23. The highest BCUT2D eigenvalue weighted by molar-refractivity contribution is 7.90. The van der Waals surface area contributed by atoms with Gasteiger partial charge in [0.1, 0.15) is 9.84 Å². The third-order valence-corrected chi connectivity index (χ3v) is 3.46. The number of hydrogen-bond donors (Lipinski definition) is 2. The van der Waals surface area contributed by atoms with Crippen molar-refractivity contribution in [3.8, 4) is 0 Å². The fourth-order valence-electron chi connectivity index (χ4n) is 1.41. The molecule has 0 saturated heterocycles. The Hall–Kier alpha value is -1.89. The van der Waals surface area contributed by atoms with Gasteiger partial charge in [0.15, 0.2) is 0 Å². The van der Waals surface area contributed by atoms with Crippen molar-refractivity contribution in [1.82, 2.24) is 5.32 Å². The maximum absolute atomic E-state index is 11.7. The van der Waals surface area contributed by atoms with Gasteiger partial charge in [-0.25, -0.2) is 8.42 Å². The molecule has 0 spiro atoms. The van der Waals surface area contributed by atoms with Gasteiger partial charge in [-0.05, 0) is 24.3 Å². The number of nitrogens with one attached hydrogen (secondary N) is 2. The molecule has 0 radical (unpaired) electrons. The Morgan fingerprint density at radius 1 is 1.15 bits per heavy atom. The standard InChI is InChI=1S/C13H18N2O4S/c1-3-12(16)15-11-6-4-10(5-7-11)13(17)14-8-9-20(2,18)19/h4-7H,3,8-9H2,1-2H3,(H,14,17)(H,15,16). The molecule has 0 fully saturated rings. The van der Waals surface area contributed by atoms with Crippen LogP contribution in [-0.2, 0) is 14.6 Å². The summed E-state index contributed by atoms with van der Waals surface area (Å²) in [6, 6.07) is 6.39. The van der Waals surface area contributed by atoms with Crippen LogP contribution in [0, 0.1) is 0 Å². The maximum Gasteiger partial charge on any atom is 0.251 e. The van der Waals surface area contributed by atoms with Crippen LogP contribution < -0.4 is 10.6 Å². The predicted molar refractivity (Wildman–Crippen MR) is 77.4 cm³/mol. The normalized spacial score (nSPS) is 10.9. The molecule has 2 amide bonds. The van der Waals surface area contributed by atoms with E-state index >= 15 is 0 Å². The van der Waals surface area contributed by atoms with Gasteiger partial charge in [0, 0.05) is 30.5 Å². The Kier molecular flexibility index (Phi) is 5.69. The molecule has 1 aromatic rings. The summed E-state index contributed by atoms with van der Waals surface area (Å²) in [7, 11) is -3.09. The lowest BCUT2D eigenvalue weighted by atomic mass is 10.2. The summed E-state index contributed by atoms with van der Waals surface area (Å²) in [5, 5.41) is 5.19. The van der Waals surface area contributed by atoms with E-state index in [0.717, 1.165) is 6.26 Å². The molecule has 1 rings (SSSR count). The topological polar surface area (TPSA) is 92.3 Å². The summed E-state index contributed by atoms with van der Waals surface area (Å²) in [4.78, 5) is 22.9. The summed E-state index contributed by atoms with van der Waals surface area (Å²) < 4.78 is 21.9. The highest BCUT2D eigenvalue weighted by Gasteiger charge is 2.07. The van der Waals surface area contributed by atoms with E-state index in [2.05, 4.69) is 10.6 Å². The van der Waals surface area contributed by atoms with Crippen molar-refractivity contribution in [1.29, 1.82) is 0 Å². The monoisotopic (exact) mass is 298 g/mol. The molecule has 0 aromatic heterocycles. The minimum atomic E-state index is -3.09. The van der Waals surface area contributed by atoms with Crippen LogP contribution in [0.5, 0.6) is 0 Å². The first-order chi connectivity index (χ1) is 9.31. The van der Waals surface area contributed by atoms with Gasteiger partial charge in [0.05, 0.1) is 5.75 Å². The number of benzene rings is 1. The average molecular weight is 298 g/mol. The van der Waals surface area contributed by atoms with Crippen molar-refractivity contribution >= 4 is 27.3 Å². The van der Waals surface area contributed by atoms with E-state index in [9.17, 15) is 18.0 Å². The Bertz CT molecular complexity index is 579. The van der Waals surface area contributed by atoms with Gasteiger partial charge in [-0.3, -0.25) is 9.59 Å². The number of amides is 2. The Morgan fingerprint density at radius 3 is 2.25 bits per heavy atom. The number of carbonyl (C=O) groups excluding carboxylic acids is 2. The van der Waals surface area contributed by atoms with E-state index < -0.39 is 9.84 Å². The molecule has 0 aliphatic carbocycles. The number of sulfone groups is 1. The molecular formula is C13H18N2O4S. The van der Waals surface area contributed by atoms with Crippen LogP contribution in [0.25, 0.3) is 0 Å². The fourth-order valence-corrected chi connectivity index (χ4v) is 1.88. The SMILES string of the molecule is CCC(=O)Nc1ccc(C(=O)NCCS(C)(=O)=O)cc1. The Morgan fingerprint density at radius 2 is 1.75 bits per heavy atom. The van der Waals surface area contributed by atoms with Crippen LogP contribution in [0.4, 0.5) is 5.69 Å². The van der Waals surface area contributed by atoms with Crippen molar-refractivity contribution in [3.05, 3.63) is 29.8 Å². The molecule has 0 saturated carbocycles. The maximum atomic E-state index is 11.7. The number of hydrogen-bond acceptors (Lipinski definition) is 4. The van der Waals surface area contributed by atoms with Crippen molar-refractivity contribution in [2.24, 2.45) is 0 Å². The lowest BCUT2D eigenvalue weighted by molar-refractivity contribution is -0.115. The van der Waals surface area contributed by atoms with Crippen LogP contribution in [0.3, 0.4) is 0 Å². The summed E-state index contributed by atoms with van der Waals surface area (Å²) >= 11 is 0. The van der Waals surface area contributed by atoms with E-state index in [1.54, 1.807) is 31.2 Å². The molecule has 110 valence electrons. The molecule has 0 aliphatic heterocycles. The largest absolute Gasteiger partial charge is 0.351 e. The second-order valence-corrected chi connectivity index (χ2v) is 6.62. The minimum Gasteiger partial charge on any atom is -0.351 e. The van der Waals surface area contributed by atoms with Gasteiger partial charge in [0.25, 0.3) is 5.91 Å². The summed E-state index contributed by atoms with van der Waals surface area (Å²) in [6.07, 6.45) is 1.50. The molecule has 2 N–H and O–H groups in total. The highest BCUT2D eigenvalue weighted by atomic mass is 32.2. The van der Waals surface area contributed by atoms with Gasteiger partial charge >= 0.3 is 0 Å². The average Bonchev–Trinajstić information content (AvgIpc) is 2.37. The number of carbonyl (C=O) groups is 2. The van der Waals surface area contributed by atoms with E-state index in [0.29, 0.717) is 17.7 Å². The zero-order chi connectivity index (χ0) is 15.2. The van der Waals surface area contributed by atoms with Crippen LogP contribution >= 0.6 is 0 Å². The van der Waals surface area contributed by atoms with Crippen LogP contribution in [0.15, 0.2) is 24.3 Å². The molecule has 1 aromatic carbocycles. The quantitative estimate of drug-likeness (QED) is 0.813. The van der Waals surface area contributed by atoms with Crippen molar-refractivity contribution in [2.45, 2.75) is 13.3 Å². The molecule has 0 unspecified atom stereocenters. The third-order valence-electron chi connectivity index (χ3n) is 2.51. The molecular weight excluding hydrogens is 280 g/mol. The van der Waals surface area contributed by atoms with Crippen molar-refractivity contribution in [3.63, 3.8) is 0 Å². The first-order valence-electron chi connectivity index (χ1n) is 6.17. The van der Waals surface area contributed by atoms with Crippen molar-refractivity contribution < 1.29 is 18.0 Å². The van der Waals surface area contributed by atoms with Gasteiger partial charge < -0.3 is 10.6 Å². The lowest BCUT2D eigenvalue weighted by Gasteiger charge is -2.06. The molecule has 20 heavy (non-hydrogen) atoms. The highest BCUT2D eigenvalue weighted by Crippen LogP contribution is 2.09. The van der Waals surface area contributed by atoms with Gasteiger partial charge in [0.2, 0.25) is 5.91 Å². The first kappa shape index (κ1) is 16.2. The van der Waals surface area contributed by atoms with Gasteiger partial charge in [-0.15, -0.1) is 0 Å². The molecule has 0 heterocycles. The van der Waals surface area contributed by atoms with Crippen molar-refractivity contribution in [2.75, 3.05) is 23.9 Å². The number of rotatable bonds is 6. The van der Waals surface area contributed by atoms with E-state index in [1.807, 2.05) is 0 Å². The molecule has 7 heteroatoms. The summed E-state index contributed by atoms with van der Waals surface area (Å²) in [6.45, 7) is 1.82. The zero-order valence-corrected chi connectivity index (χ0v) is 12.3. The molecule has 0 atom stereocenters. The summed E-state index contributed by atoms with van der Waals surface area (Å²) in [5.41, 5.74) is 1.03. The Labute approximate surface area is 118 Å². The fraction of sp³-hybridized carbons (Fsp3) is 0.385. The second-order valence-electron chi connectivity index (χ2n) is 4.36. The molecule has 0 bridgehead atoms. The van der Waals surface area contributed by atoms with Gasteiger partial charge in [-0.2, -0.15) is 0 Å². The van der Waals surface area contributed by atoms with Crippen LogP contribution in [-0.4, -0.2) is 38.8 Å². The minimum absolute atomic E-state index is 0.0754. The lowest BCUT2D eigenvalue weighted by Crippen LogP contribution is -2.28. The molecule has 0 aliphatic rings. The summed E-state index contributed by atoms with van der Waals surface area (Å²) in [5.74, 6) is -0.541. The smallest absolute Gasteiger partial charge is 0.251 e. The molecule has 6 nitrogen and oxygen atoms in total. The van der Waals surface area contributed by atoms with E-state index in [1.165, 1.54) is 0 Å². The number of anilines is 1. The van der Waals surface area contributed by atoms with E-state index in [4.69, 9.17) is 0 Å². The predicted octanol–water partition coefficient (Wildman–Crippen LogP) is 0.809. The van der Waals surface area contributed by atoms with Crippen LogP contribution in [0.2, 0.25) is 0 Å². The van der Waals surface area contributed by atoms with Gasteiger partial charge in [-0.1, -0.05) is 6.92 Å².